The largest absolute Gasteiger partial charge is 0.447 e. The monoisotopic (exact) mass is 328 g/mol. The maximum absolute atomic E-state index is 11.4. The number of ether oxygens (including phenoxy) is 1. The van der Waals surface area contributed by atoms with Crippen LogP contribution in [0.1, 0.15) is 20.3 Å². The summed E-state index contributed by atoms with van der Waals surface area (Å²) in [7, 11) is 0. The Kier molecular flexibility index (Phi) is 6.35. The molecule has 1 aromatic rings. The molecule has 0 saturated heterocycles. The molecule has 0 fully saturated rings. The summed E-state index contributed by atoms with van der Waals surface area (Å²) in [6.45, 7) is 3.89. The Labute approximate surface area is 120 Å². The Morgan fingerprint density at radius 1 is 1.26 bits per heavy atom. The summed E-state index contributed by atoms with van der Waals surface area (Å²) in [6.07, 6.45) is -0.749. The summed E-state index contributed by atoms with van der Waals surface area (Å²) in [4.78, 5) is 22.6. The Bertz CT molecular complexity index is 432. The van der Waals surface area contributed by atoms with Crippen molar-refractivity contribution in [2.75, 3.05) is 11.9 Å². The molecule has 0 aromatic heterocycles. The lowest BCUT2D eigenvalue weighted by Crippen LogP contribution is -2.33. The number of nitrogens with one attached hydrogen (secondary N) is 2. The predicted octanol–water partition coefficient (Wildman–Crippen LogP) is 2.91. The fraction of sp³-hybridized carbons (Fsp3) is 0.385. The molecule has 104 valence electrons. The molecule has 0 saturated carbocycles. The first-order valence-electron chi connectivity index (χ1n) is 5.97. The summed E-state index contributed by atoms with van der Waals surface area (Å²) < 4.78 is 5.79. The van der Waals surface area contributed by atoms with Gasteiger partial charge in [0.2, 0.25) is 5.91 Å². The minimum absolute atomic E-state index is 0.198. The average Bonchev–Trinajstić information content (AvgIpc) is 2.30. The zero-order chi connectivity index (χ0) is 14.3. The lowest BCUT2D eigenvalue weighted by atomic mass is 10.3. The van der Waals surface area contributed by atoms with E-state index in [4.69, 9.17) is 4.74 Å². The van der Waals surface area contributed by atoms with Crippen LogP contribution in [0.4, 0.5) is 10.5 Å². The number of amides is 2. The molecule has 0 spiro atoms. The first-order chi connectivity index (χ1) is 8.97. The molecule has 0 atom stereocenters. The van der Waals surface area contributed by atoms with Crippen LogP contribution in [0.2, 0.25) is 0 Å². The van der Waals surface area contributed by atoms with Crippen LogP contribution >= 0.6 is 15.9 Å². The average molecular weight is 329 g/mol. The van der Waals surface area contributed by atoms with Crippen molar-refractivity contribution in [3.63, 3.8) is 0 Å². The standard InChI is InChI=1S/C13H17BrN2O3/c1-9(2)19-13(18)16-12(17)7-8-15-11-5-3-10(14)4-6-11/h3-6,9,15H,7-8H2,1-2H3,(H,16,17,18). The van der Waals surface area contributed by atoms with E-state index < -0.39 is 6.09 Å². The van der Waals surface area contributed by atoms with E-state index in [9.17, 15) is 9.59 Å². The number of rotatable bonds is 5. The maximum Gasteiger partial charge on any atom is 0.414 e. The van der Waals surface area contributed by atoms with Gasteiger partial charge in [-0.1, -0.05) is 15.9 Å². The van der Waals surface area contributed by atoms with Crippen LogP contribution in [0.5, 0.6) is 0 Å². The van der Waals surface area contributed by atoms with Crippen LogP contribution in [0.3, 0.4) is 0 Å². The fourth-order valence-electron chi connectivity index (χ4n) is 1.31. The minimum Gasteiger partial charge on any atom is -0.447 e. The van der Waals surface area contributed by atoms with E-state index in [0.29, 0.717) is 6.54 Å². The number of benzene rings is 1. The SMILES string of the molecule is CC(C)OC(=O)NC(=O)CCNc1ccc(Br)cc1. The molecule has 0 radical (unpaired) electrons. The van der Waals surface area contributed by atoms with Crippen LogP contribution in [0, 0.1) is 0 Å². The van der Waals surface area contributed by atoms with Crippen molar-refractivity contribution in [2.24, 2.45) is 0 Å². The first-order valence-corrected chi connectivity index (χ1v) is 6.76. The van der Waals surface area contributed by atoms with Gasteiger partial charge in [-0.3, -0.25) is 10.1 Å². The molecule has 5 nitrogen and oxygen atoms in total. The molecule has 1 aromatic carbocycles. The van der Waals surface area contributed by atoms with E-state index in [1.807, 2.05) is 24.3 Å². The third-order valence-corrected chi connectivity index (χ3v) is 2.64. The van der Waals surface area contributed by atoms with Gasteiger partial charge >= 0.3 is 6.09 Å². The first kappa shape index (κ1) is 15.5. The Morgan fingerprint density at radius 2 is 1.89 bits per heavy atom. The number of anilines is 1. The van der Waals surface area contributed by atoms with E-state index in [1.165, 1.54) is 0 Å². The zero-order valence-electron chi connectivity index (χ0n) is 10.9. The van der Waals surface area contributed by atoms with Gasteiger partial charge in [0, 0.05) is 23.1 Å². The highest BCUT2D eigenvalue weighted by Gasteiger charge is 2.09. The van der Waals surface area contributed by atoms with Crippen molar-refractivity contribution in [2.45, 2.75) is 26.4 Å². The highest BCUT2D eigenvalue weighted by atomic mass is 79.9. The van der Waals surface area contributed by atoms with Gasteiger partial charge in [0.1, 0.15) is 0 Å². The second-order valence-corrected chi connectivity index (χ2v) is 5.10. The van der Waals surface area contributed by atoms with E-state index in [-0.39, 0.29) is 18.4 Å². The van der Waals surface area contributed by atoms with Gasteiger partial charge in [0.15, 0.2) is 0 Å². The molecule has 19 heavy (non-hydrogen) atoms. The van der Waals surface area contributed by atoms with Gasteiger partial charge in [-0.25, -0.2) is 4.79 Å². The van der Waals surface area contributed by atoms with Crippen LogP contribution in [-0.4, -0.2) is 24.6 Å². The van der Waals surface area contributed by atoms with Gasteiger partial charge in [0.25, 0.3) is 0 Å². The highest BCUT2D eigenvalue weighted by molar-refractivity contribution is 9.10. The van der Waals surface area contributed by atoms with Crippen molar-refractivity contribution in [1.29, 1.82) is 0 Å². The van der Waals surface area contributed by atoms with E-state index in [2.05, 4.69) is 26.6 Å². The summed E-state index contributed by atoms with van der Waals surface area (Å²) in [5.41, 5.74) is 0.917. The number of alkyl carbamates (subject to hydrolysis) is 1. The summed E-state index contributed by atoms with van der Waals surface area (Å²) in [5, 5.41) is 5.24. The number of carbonyl (C=O) groups excluding carboxylic acids is 2. The molecule has 2 amide bonds. The topological polar surface area (TPSA) is 67.4 Å². The van der Waals surface area contributed by atoms with Gasteiger partial charge < -0.3 is 10.1 Å². The number of hydrogen-bond acceptors (Lipinski definition) is 4. The normalized spacial score (nSPS) is 10.1. The Hall–Kier alpha value is -1.56. The number of hydrogen-bond donors (Lipinski definition) is 2. The third kappa shape index (κ3) is 6.81. The van der Waals surface area contributed by atoms with Gasteiger partial charge in [-0.2, -0.15) is 0 Å². The third-order valence-electron chi connectivity index (χ3n) is 2.11. The van der Waals surface area contributed by atoms with Gasteiger partial charge in [0.05, 0.1) is 6.10 Å². The summed E-state index contributed by atoms with van der Waals surface area (Å²) in [6, 6.07) is 7.61. The van der Waals surface area contributed by atoms with Crippen molar-refractivity contribution in [1.82, 2.24) is 5.32 Å². The Morgan fingerprint density at radius 3 is 2.47 bits per heavy atom. The van der Waals surface area contributed by atoms with Crippen LogP contribution in [0.15, 0.2) is 28.7 Å². The summed E-state index contributed by atoms with van der Waals surface area (Å²) >= 11 is 3.34. The molecule has 0 aliphatic rings. The van der Waals surface area contributed by atoms with E-state index in [0.717, 1.165) is 10.2 Å². The Balaban J connectivity index is 2.23. The molecule has 6 heteroatoms. The van der Waals surface area contributed by atoms with E-state index in [1.54, 1.807) is 13.8 Å². The second-order valence-electron chi connectivity index (χ2n) is 4.19. The van der Waals surface area contributed by atoms with Crippen LogP contribution in [0.25, 0.3) is 0 Å². The minimum atomic E-state index is -0.705. The van der Waals surface area contributed by atoms with Gasteiger partial charge in [-0.05, 0) is 38.1 Å². The van der Waals surface area contributed by atoms with E-state index >= 15 is 0 Å². The highest BCUT2D eigenvalue weighted by Crippen LogP contribution is 2.13. The molecule has 2 N–H and O–H groups in total. The van der Waals surface area contributed by atoms with Crippen molar-refractivity contribution in [3.05, 3.63) is 28.7 Å². The molecule has 0 aliphatic carbocycles. The molecule has 0 bridgehead atoms. The number of halogens is 1. The molecular formula is C13H17BrN2O3. The lowest BCUT2D eigenvalue weighted by Gasteiger charge is -2.09. The molecular weight excluding hydrogens is 312 g/mol. The number of imide groups is 1. The lowest BCUT2D eigenvalue weighted by molar-refractivity contribution is -0.120. The van der Waals surface area contributed by atoms with Crippen LogP contribution < -0.4 is 10.6 Å². The molecule has 0 aliphatic heterocycles. The zero-order valence-corrected chi connectivity index (χ0v) is 12.5. The quantitative estimate of drug-likeness (QED) is 0.872. The van der Waals surface area contributed by atoms with Crippen molar-refractivity contribution >= 4 is 33.6 Å². The van der Waals surface area contributed by atoms with Gasteiger partial charge in [-0.15, -0.1) is 0 Å². The number of carbonyl (C=O) groups is 2. The summed E-state index contributed by atoms with van der Waals surface area (Å²) in [5.74, 6) is -0.365. The maximum atomic E-state index is 11.4. The second kappa shape index (κ2) is 7.78. The van der Waals surface area contributed by atoms with Crippen LogP contribution in [-0.2, 0) is 9.53 Å². The fourth-order valence-corrected chi connectivity index (χ4v) is 1.57. The molecule has 1 rings (SSSR count). The van der Waals surface area contributed by atoms with Crippen molar-refractivity contribution < 1.29 is 14.3 Å². The molecule has 0 heterocycles. The molecule has 0 unspecified atom stereocenters. The smallest absolute Gasteiger partial charge is 0.414 e. The van der Waals surface area contributed by atoms with Crippen molar-refractivity contribution in [3.8, 4) is 0 Å². The predicted molar refractivity (Wildman–Crippen MR) is 77.0 cm³/mol.